The highest BCUT2D eigenvalue weighted by Gasteiger charge is 2.14. The molecule has 1 aromatic carbocycles. The van der Waals surface area contributed by atoms with Crippen LogP contribution in [0.25, 0.3) is 0 Å². The van der Waals surface area contributed by atoms with Gasteiger partial charge in [0.15, 0.2) is 12.4 Å². The van der Waals surface area contributed by atoms with Crippen molar-refractivity contribution in [1.82, 2.24) is 0 Å². The third kappa shape index (κ3) is 4.75. The number of hydrogen-bond acceptors (Lipinski definition) is 3. The highest BCUT2D eigenvalue weighted by atomic mass is 35.5. The van der Waals surface area contributed by atoms with Crippen molar-refractivity contribution in [2.24, 2.45) is 0 Å². The lowest BCUT2D eigenvalue weighted by atomic mass is 10.2. The summed E-state index contributed by atoms with van der Waals surface area (Å²) in [5, 5.41) is 13.4. The Morgan fingerprint density at radius 2 is 2.00 bits per heavy atom. The van der Waals surface area contributed by atoms with E-state index in [1.807, 2.05) is 24.5 Å². The summed E-state index contributed by atoms with van der Waals surface area (Å²) < 4.78 is 1.76. The highest BCUT2D eigenvalue weighted by molar-refractivity contribution is 6.33. The van der Waals surface area contributed by atoms with Crippen LogP contribution in [0.15, 0.2) is 42.7 Å². The van der Waals surface area contributed by atoms with E-state index in [9.17, 15) is 14.9 Å². The molecular weight excluding hydrogens is 318 g/mol. The van der Waals surface area contributed by atoms with Crippen molar-refractivity contribution < 1.29 is 14.3 Å². The standard InChI is InChI=1S/C16H16ClN3O3/c1-2-3-12-6-8-19(9-7-12)11-16(21)18-15-5-4-13(20(22)23)10-14(15)17/h4-10H,2-3,11H2,1H3/p+1. The van der Waals surface area contributed by atoms with Gasteiger partial charge in [-0.25, -0.2) is 0 Å². The van der Waals surface area contributed by atoms with Gasteiger partial charge in [-0.15, -0.1) is 0 Å². The number of halogens is 1. The summed E-state index contributed by atoms with van der Waals surface area (Å²) in [5.41, 5.74) is 1.46. The van der Waals surface area contributed by atoms with Crippen LogP contribution in [-0.2, 0) is 17.8 Å². The number of rotatable bonds is 6. The van der Waals surface area contributed by atoms with Crippen molar-refractivity contribution in [3.8, 4) is 0 Å². The SMILES string of the molecule is CCCc1cc[n+](CC(=O)Nc2ccc([N+](=O)[O-])cc2Cl)cc1. The molecule has 0 fully saturated rings. The van der Waals surface area contributed by atoms with Gasteiger partial charge in [0.2, 0.25) is 6.54 Å². The molecule has 0 aliphatic carbocycles. The van der Waals surface area contributed by atoms with E-state index in [0.29, 0.717) is 5.69 Å². The van der Waals surface area contributed by atoms with Crippen LogP contribution in [-0.4, -0.2) is 10.8 Å². The average molecular weight is 335 g/mol. The number of aryl methyl sites for hydroxylation is 1. The molecule has 2 rings (SSSR count). The summed E-state index contributed by atoms with van der Waals surface area (Å²) in [4.78, 5) is 22.2. The molecule has 0 aliphatic rings. The van der Waals surface area contributed by atoms with E-state index < -0.39 is 4.92 Å². The maximum absolute atomic E-state index is 12.0. The molecule has 0 atom stereocenters. The topological polar surface area (TPSA) is 76.1 Å². The van der Waals surface area contributed by atoms with Crippen LogP contribution >= 0.6 is 11.6 Å². The van der Waals surface area contributed by atoms with E-state index in [1.165, 1.54) is 23.8 Å². The van der Waals surface area contributed by atoms with Crippen molar-refractivity contribution in [1.29, 1.82) is 0 Å². The molecule has 23 heavy (non-hydrogen) atoms. The van der Waals surface area contributed by atoms with Crippen LogP contribution in [0.4, 0.5) is 11.4 Å². The minimum atomic E-state index is -0.537. The summed E-state index contributed by atoms with van der Waals surface area (Å²) >= 11 is 5.95. The molecule has 0 saturated carbocycles. The molecule has 0 unspecified atom stereocenters. The molecule has 1 aromatic heterocycles. The first kappa shape index (κ1) is 16.9. The number of nitro benzene ring substituents is 1. The van der Waals surface area contributed by atoms with Gasteiger partial charge in [0, 0.05) is 24.3 Å². The predicted octanol–water partition coefficient (Wildman–Crippen LogP) is 3.13. The van der Waals surface area contributed by atoms with Crippen LogP contribution in [0.5, 0.6) is 0 Å². The minimum Gasteiger partial charge on any atom is -0.319 e. The Balaban J connectivity index is 2.00. The van der Waals surface area contributed by atoms with E-state index in [1.54, 1.807) is 4.57 Å². The molecule has 2 aromatic rings. The van der Waals surface area contributed by atoms with Gasteiger partial charge in [0.25, 0.3) is 11.6 Å². The Morgan fingerprint density at radius 3 is 2.57 bits per heavy atom. The number of nitrogens with zero attached hydrogens (tertiary/aromatic N) is 2. The van der Waals surface area contributed by atoms with Crippen LogP contribution in [0.1, 0.15) is 18.9 Å². The predicted molar refractivity (Wildman–Crippen MR) is 87.4 cm³/mol. The lowest BCUT2D eigenvalue weighted by Crippen LogP contribution is -2.39. The number of nitrogens with one attached hydrogen (secondary N) is 1. The lowest BCUT2D eigenvalue weighted by molar-refractivity contribution is -0.684. The zero-order valence-corrected chi connectivity index (χ0v) is 13.4. The number of aromatic nitrogens is 1. The lowest BCUT2D eigenvalue weighted by Gasteiger charge is -2.05. The second-order valence-corrected chi connectivity index (χ2v) is 5.51. The van der Waals surface area contributed by atoms with Gasteiger partial charge >= 0.3 is 0 Å². The van der Waals surface area contributed by atoms with Crippen molar-refractivity contribution in [2.75, 3.05) is 5.32 Å². The fourth-order valence-corrected chi connectivity index (χ4v) is 2.35. The van der Waals surface area contributed by atoms with Crippen molar-refractivity contribution in [3.05, 3.63) is 63.4 Å². The molecule has 0 spiro atoms. The maximum atomic E-state index is 12.0. The molecule has 120 valence electrons. The Kier molecular flexibility index (Phi) is 5.65. The molecule has 6 nitrogen and oxygen atoms in total. The third-order valence-corrected chi connectivity index (χ3v) is 3.58. The first-order chi connectivity index (χ1) is 11.0. The number of benzene rings is 1. The molecule has 7 heteroatoms. The second kappa shape index (κ2) is 7.69. The number of amides is 1. The van der Waals surface area contributed by atoms with Gasteiger partial charge in [-0.2, -0.15) is 4.57 Å². The zero-order chi connectivity index (χ0) is 16.8. The van der Waals surface area contributed by atoms with Crippen LogP contribution in [0.3, 0.4) is 0 Å². The Labute approximate surface area is 138 Å². The average Bonchev–Trinajstić information content (AvgIpc) is 2.51. The highest BCUT2D eigenvalue weighted by Crippen LogP contribution is 2.26. The quantitative estimate of drug-likeness (QED) is 0.501. The Bertz CT molecular complexity index is 717. The normalized spacial score (nSPS) is 10.3. The van der Waals surface area contributed by atoms with E-state index in [0.717, 1.165) is 12.8 Å². The van der Waals surface area contributed by atoms with Gasteiger partial charge in [-0.3, -0.25) is 14.9 Å². The molecule has 0 saturated heterocycles. The number of carbonyl (C=O) groups excluding carboxylic acids is 1. The van der Waals surface area contributed by atoms with Gasteiger partial charge in [-0.1, -0.05) is 24.9 Å². The maximum Gasteiger partial charge on any atom is 0.290 e. The van der Waals surface area contributed by atoms with Crippen LogP contribution in [0.2, 0.25) is 5.02 Å². The molecule has 1 N–H and O–H groups in total. The largest absolute Gasteiger partial charge is 0.319 e. The number of carbonyl (C=O) groups is 1. The van der Waals surface area contributed by atoms with E-state index >= 15 is 0 Å². The van der Waals surface area contributed by atoms with Crippen molar-refractivity contribution >= 4 is 28.9 Å². The number of nitro groups is 1. The van der Waals surface area contributed by atoms with Gasteiger partial charge in [-0.05, 0) is 18.1 Å². The summed E-state index contributed by atoms with van der Waals surface area (Å²) in [5.74, 6) is -0.256. The Morgan fingerprint density at radius 1 is 1.30 bits per heavy atom. The molecule has 1 heterocycles. The number of anilines is 1. The number of pyridine rings is 1. The number of hydrogen-bond donors (Lipinski definition) is 1. The summed E-state index contributed by atoms with van der Waals surface area (Å²) in [7, 11) is 0. The first-order valence-electron chi connectivity index (χ1n) is 7.21. The fraction of sp³-hybridized carbons (Fsp3) is 0.250. The summed E-state index contributed by atoms with van der Waals surface area (Å²) in [6, 6.07) is 7.90. The van der Waals surface area contributed by atoms with E-state index in [4.69, 9.17) is 11.6 Å². The molecule has 0 radical (unpaired) electrons. The summed E-state index contributed by atoms with van der Waals surface area (Å²) in [6.07, 6.45) is 5.78. The first-order valence-corrected chi connectivity index (χ1v) is 7.59. The molecule has 1 amide bonds. The monoisotopic (exact) mass is 334 g/mol. The van der Waals surface area contributed by atoms with E-state index in [2.05, 4.69) is 12.2 Å². The van der Waals surface area contributed by atoms with Gasteiger partial charge < -0.3 is 5.32 Å². The second-order valence-electron chi connectivity index (χ2n) is 5.10. The minimum absolute atomic E-state index is 0.117. The smallest absolute Gasteiger partial charge is 0.290 e. The van der Waals surface area contributed by atoms with Crippen LogP contribution < -0.4 is 9.88 Å². The van der Waals surface area contributed by atoms with Gasteiger partial charge in [0.05, 0.1) is 15.6 Å². The van der Waals surface area contributed by atoms with Crippen LogP contribution in [0, 0.1) is 10.1 Å². The van der Waals surface area contributed by atoms with E-state index in [-0.39, 0.29) is 23.2 Å². The Hall–Kier alpha value is -2.47. The zero-order valence-electron chi connectivity index (χ0n) is 12.7. The fourth-order valence-electron chi connectivity index (χ4n) is 2.12. The summed E-state index contributed by atoms with van der Waals surface area (Å²) in [6.45, 7) is 2.25. The number of non-ortho nitro benzene ring substituents is 1. The third-order valence-electron chi connectivity index (χ3n) is 3.26. The van der Waals surface area contributed by atoms with Crippen molar-refractivity contribution in [3.63, 3.8) is 0 Å². The molecule has 0 aliphatic heterocycles. The van der Waals surface area contributed by atoms with Gasteiger partial charge in [0.1, 0.15) is 0 Å². The molecule has 0 bridgehead atoms. The molecular formula is C16H17ClN3O3+. The van der Waals surface area contributed by atoms with Crippen molar-refractivity contribution in [2.45, 2.75) is 26.3 Å².